The van der Waals surface area contributed by atoms with Crippen LogP contribution in [-0.4, -0.2) is 42.2 Å². The molecule has 0 aromatic carbocycles. The summed E-state index contributed by atoms with van der Waals surface area (Å²) >= 11 is 1.51. The highest BCUT2D eigenvalue weighted by Crippen LogP contribution is 2.34. The van der Waals surface area contributed by atoms with Crippen LogP contribution in [0.1, 0.15) is 16.6 Å². The molecule has 1 aromatic rings. The van der Waals surface area contributed by atoms with E-state index >= 15 is 0 Å². The van der Waals surface area contributed by atoms with E-state index in [0.29, 0.717) is 18.2 Å². The number of rotatable bonds is 0. The zero-order valence-corrected chi connectivity index (χ0v) is 11.5. The van der Waals surface area contributed by atoms with E-state index in [1.807, 2.05) is 0 Å². The fraction of sp³-hybridized carbons (Fsp3) is 0.600. The Labute approximate surface area is 115 Å². The van der Waals surface area contributed by atoms with Gasteiger partial charge < -0.3 is 20.7 Å². The first-order chi connectivity index (χ1) is 8.17. The van der Waals surface area contributed by atoms with Crippen LogP contribution in [0.25, 0.3) is 0 Å². The summed E-state index contributed by atoms with van der Waals surface area (Å²) < 4.78 is 4.77. The lowest BCUT2D eigenvalue weighted by Gasteiger charge is -2.40. The van der Waals surface area contributed by atoms with Gasteiger partial charge in [0.2, 0.25) is 0 Å². The molecule has 0 radical (unpaired) electrons. The second-order valence-corrected chi connectivity index (χ2v) is 5.42. The third-order valence-corrected chi connectivity index (χ3v) is 4.25. The number of carbonyl (C=O) groups excluding carboxylic acids is 1. The molecule has 3 rings (SSSR count). The van der Waals surface area contributed by atoms with Gasteiger partial charge in [-0.2, -0.15) is 0 Å². The molecule has 2 atom stereocenters. The van der Waals surface area contributed by atoms with E-state index < -0.39 is 0 Å². The SMILES string of the molecule is COC(=O)N1CC2Cc3nc(N)sc3C(C1)N2.Cl. The highest BCUT2D eigenvalue weighted by atomic mass is 35.5. The molecule has 2 unspecified atom stereocenters. The standard InChI is InChI=1S/C10H14N4O2S.ClH/c1-16-10(15)14-3-5-2-6-8(7(4-14)12-5)17-9(11)13-6;/h5,7,12H,2-4H2,1H3,(H2,11,13);1H. The average molecular weight is 291 g/mol. The van der Waals surface area contributed by atoms with Crippen molar-refractivity contribution in [1.29, 1.82) is 0 Å². The van der Waals surface area contributed by atoms with Crippen molar-refractivity contribution in [3.05, 3.63) is 10.6 Å². The summed E-state index contributed by atoms with van der Waals surface area (Å²) in [5.74, 6) is 0. The zero-order chi connectivity index (χ0) is 12.0. The van der Waals surface area contributed by atoms with Crippen molar-refractivity contribution in [1.82, 2.24) is 15.2 Å². The highest BCUT2D eigenvalue weighted by molar-refractivity contribution is 7.15. The smallest absolute Gasteiger partial charge is 0.409 e. The van der Waals surface area contributed by atoms with Crippen LogP contribution in [0.4, 0.5) is 9.93 Å². The Bertz CT molecular complexity index is 467. The first-order valence-corrected chi connectivity index (χ1v) is 6.33. The second kappa shape index (κ2) is 4.91. The number of halogens is 1. The van der Waals surface area contributed by atoms with Crippen molar-refractivity contribution < 1.29 is 9.53 Å². The molecule has 0 spiro atoms. The summed E-state index contributed by atoms with van der Waals surface area (Å²) in [6.07, 6.45) is 0.565. The van der Waals surface area contributed by atoms with Gasteiger partial charge in [0.15, 0.2) is 5.13 Å². The average Bonchev–Trinajstić information content (AvgIpc) is 2.68. The Morgan fingerprint density at radius 3 is 3.11 bits per heavy atom. The second-order valence-electron chi connectivity index (χ2n) is 4.36. The van der Waals surface area contributed by atoms with Crippen LogP contribution in [0.3, 0.4) is 0 Å². The lowest BCUT2D eigenvalue weighted by molar-refractivity contribution is 0.0950. The van der Waals surface area contributed by atoms with E-state index in [2.05, 4.69) is 10.3 Å². The molecule has 8 heteroatoms. The number of ether oxygens (including phenoxy) is 1. The van der Waals surface area contributed by atoms with Crippen molar-refractivity contribution in [3.8, 4) is 0 Å². The van der Waals surface area contributed by atoms with Crippen LogP contribution in [0.15, 0.2) is 0 Å². The Hall–Kier alpha value is -1.05. The largest absolute Gasteiger partial charge is 0.453 e. The van der Waals surface area contributed by atoms with Crippen molar-refractivity contribution in [3.63, 3.8) is 0 Å². The van der Waals surface area contributed by atoms with Gasteiger partial charge >= 0.3 is 6.09 Å². The maximum Gasteiger partial charge on any atom is 0.409 e. The number of nitrogens with one attached hydrogen (secondary N) is 1. The van der Waals surface area contributed by atoms with Crippen LogP contribution in [0.5, 0.6) is 0 Å². The number of methoxy groups -OCH3 is 1. The quantitative estimate of drug-likeness (QED) is 0.738. The molecule has 3 heterocycles. The van der Waals surface area contributed by atoms with Gasteiger partial charge in [-0.05, 0) is 0 Å². The van der Waals surface area contributed by atoms with Gasteiger partial charge in [0.25, 0.3) is 0 Å². The van der Waals surface area contributed by atoms with Gasteiger partial charge in [-0.15, -0.1) is 23.7 Å². The van der Waals surface area contributed by atoms with E-state index in [1.54, 1.807) is 4.90 Å². The number of nitrogens with two attached hydrogens (primary N) is 1. The van der Waals surface area contributed by atoms with Crippen molar-refractivity contribution in [2.24, 2.45) is 0 Å². The monoisotopic (exact) mass is 290 g/mol. The van der Waals surface area contributed by atoms with E-state index in [9.17, 15) is 4.79 Å². The Morgan fingerprint density at radius 1 is 1.61 bits per heavy atom. The van der Waals surface area contributed by atoms with Crippen LogP contribution in [0, 0.1) is 0 Å². The zero-order valence-electron chi connectivity index (χ0n) is 9.88. The van der Waals surface area contributed by atoms with Gasteiger partial charge in [0.1, 0.15) is 0 Å². The van der Waals surface area contributed by atoms with Gasteiger partial charge in [0.05, 0.1) is 18.8 Å². The molecule has 1 saturated heterocycles. The minimum atomic E-state index is -0.262. The number of piperazine rings is 1. The van der Waals surface area contributed by atoms with E-state index in [1.165, 1.54) is 18.4 Å². The molecule has 2 aliphatic rings. The van der Waals surface area contributed by atoms with E-state index in [4.69, 9.17) is 10.5 Å². The summed E-state index contributed by atoms with van der Waals surface area (Å²) in [4.78, 5) is 18.8. The fourth-order valence-electron chi connectivity index (χ4n) is 2.55. The summed E-state index contributed by atoms with van der Waals surface area (Å²) in [7, 11) is 1.41. The molecule has 100 valence electrons. The Kier molecular flexibility index (Phi) is 3.65. The third kappa shape index (κ3) is 2.13. The summed E-state index contributed by atoms with van der Waals surface area (Å²) in [6, 6.07) is 0.397. The van der Waals surface area contributed by atoms with E-state index in [-0.39, 0.29) is 30.6 Å². The number of hydrogen-bond donors (Lipinski definition) is 2. The normalized spacial score (nSPS) is 25.1. The molecule has 1 aromatic heterocycles. The molecule has 2 bridgehead atoms. The number of nitrogen functional groups attached to an aromatic ring is 1. The van der Waals surface area contributed by atoms with Crippen molar-refractivity contribution in [2.45, 2.75) is 18.5 Å². The minimum Gasteiger partial charge on any atom is -0.453 e. The predicted molar refractivity (Wildman–Crippen MR) is 71.1 cm³/mol. The first-order valence-electron chi connectivity index (χ1n) is 5.51. The number of thiazole rings is 1. The van der Waals surface area contributed by atoms with E-state index in [0.717, 1.165) is 17.0 Å². The lowest BCUT2D eigenvalue weighted by Crippen LogP contribution is -2.56. The number of anilines is 1. The molecular weight excluding hydrogens is 276 g/mol. The number of fused-ring (bicyclic) bond motifs is 4. The molecule has 6 nitrogen and oxygen atoms in total. The third-order valence-electron chi connectivity index (χ3n) is 3.21. The first kappa shape index (κ1) is 13.4. The minimum absolute atomic E-state index is 0. The van der Waals surface area contributed by atoms with Gasteiger partial charge in [0, 0.05) is 30.4 Å². The topological polar surface area (TPSA) is 80.5 Å². The predicted octanol–water partition coefficient (Wildman–Crippen LogP) is 0.784. The lowest BCUT2D eigenvalue weighted by atomic mass is 9.97. The molecule has 0 aliphatic carbocycles. The maximum atomic E-state index is 11.6. The number of aromatic nitrogens is 1. The fourth-order valence-corrected chi connectivity index (χ4v) is 3.46. The summed E-state index contributed by atoms with van der Waals surface area (Å²) in [5.41, 5.74) is 6.82. The van der Waals surface area contributed by atoms with Crippen molar-refractivity contribution in [2.75, 3.05) is 25.9 Å². The van der Waals surface area contributed by atoms with Crippen LogP contribution >= 0.6 is 23.7 Å². The van der Waals surface area contributed by atoms with Crippen molar-refractivity contribution >= 4 is 35.0 Å². The highest BCUT2D eigenvalue weighted by Gasteiger charge is 2.37. The van der Waals surface area contributed by atoms with Gasteiger partial charge in [-0.1, -0.05) is 0 Å². The number of amides is 1. The Balaban J connectivity index is 0.00000120. The maximum absolute atomic E-state index is 11.6. The summed E-state index contributed by atoms with van der Waals surface area (Å²) in [5, 5.41) is 4.10. The van der Waals surface area contributed by atoms with Crippen LogP contribution < -0.4 is 11.1 Å². The van der Waals surface area contributed by atoms with Crippen LogP contribution in [0.2, 0.25) is 0 Å². The summed E-state index contributed by atoms with van der Waals surface area (Å²) in [6.45, 7) is 1.29. The number of hydrogen-bond acceptors (Lipinski definition) is 6. The molecule has 1 fully saturated rings. The molecule has 3 N–H and O–H groups in total. The number of nitrogens with zero attached hydrogens (tertiary/aromatic N) is 2. The molecule has 2 aliphatic heterocycles. The molecule has 1 amide bonds. The van der Waals surface area contributed by atoms with Crippen LogP contribution in [-0.2, 0) is 11.2 Å². The molecular formula is C10H15ClN4O2S. The van der Waals surface area contributed by atoms with Gasteiger partial charge in [-0.3, -0.25) is 0 Å². The Morgan fingerprint density at radius 2 is 2.39 bits per heavy atom. The van der Waals surface area contributed by atoms with Gasteiger partial charge in [-0.25, -0.2) is 9.78 Å². The molecule has 18 heavy (non-hydrogen) atoms. The number of carbonyl (C=O) groups is 1. The molecule has 0 saturated carbocycles.